The predicted octanol–water partition coefficient (Wildman–Crippen LogP) is -2.32. The molecule has 0 aromatic rings. The van der Waals surface area contributed by atoms with Gasteiger partial charge in [0.05, 0.1) is 6.61 Å². The number of aliphatic hydroxyl groups is 4. The Balaban J connectivity index is 2.98. The van der Waals surface area contributed by atoms with Crippen LogP contribution in [-0.2, 0) is 9.53 Å². The van der Waals surface area contributed by atoms with Crippen LogP contribution in [0.5, 0.6) is 0 Å². The Bertz CT molecular complexity index is 260. The first-order chi connectivity index (χ1) is 6.85. The van der Waals surface area contributed by atoms with Crippen LogP contribution in [-0.4, -0.2) is 62.2 Å². The third-order valence-electron chi connectivity index (χ3n) is 2.58. The average Bonchev–Trinajstić information content (AvgIpc) is 2.20. The molecule has 0 unspecified atom stereocenters. The maximum absolute atomic E-state index is 11.2. The monoisotopic (exact) mass is 238 g/mol. The zero-order valence-corrected chi connectivity index (χ0v) is 8.96. The highest BCUT2D eigenvalue weighted by molar-refractivity contribution is 7.80. The zero-order valence-electron chi connectivity index (χ0n) is 8.07. The lowest BCUT2D eigenvalue weighted by Gasteiger charge is -2.45. The maximum Gasteiger partial charge on any atom is 0.186 e. The molecule has 1 aliphatic heterocycles. The standard InChI is InChI=1S/C8H14O6S/c1-3(10)8(13)6(12)5(11)4(2-9)14-7(8)15/h4-7,9,11-13,15H,2H2,1H3/t4-,5-,6+,7+,8-/m1/s1. The molecule has 1 heterocycles. The van der Waals surface area contributed by atoms with Gasteiger partial charge in [0.1, 0.15) is 23.7 Å². The molecule has 0 amide bonds. The largest absolute Gasteiger partial charge is 0.394 e. The van der Waals surface area contributed by atoms with Gasteiger partial charge in [0.15, 0.2) is 11.4 Å². The minimum Gasteiger partial charge on any atom is -0.394 e. The second kappa shape index (κ2) is 4.36. The van der Waals surface area contributed by atoms with E-state index in [-0.39, 0.29) is 0 Å². The molecule has 0 spiro atoms. The zero-order chi connectivity index (χ0) is 11.8. The summed E-state index contributed by atoms with van der Waals surface area (Å²) in [4.78, 5) is 11.2. The fourth-order valence-corrected chi connectivity index (χ4v) is 1.98. The molecule has 1 rings (SSSR count). The molecule has 0 aromatic heterocycles. The number of aliphatic hydroxyl groups excluding tert-OH is 3. The molecule has 0 radical (unpaired) electrons. The minimum absolute atomic E-state index is 0.538. The van der Waals surface area contributed by atoms with Crippen molar-refractivity contribution in [2.24, 2.45) is 0 Å². The van der Waals surface area contributed by atoms with Crippen molar-refractivity contribution >= 4 is 18.4 Å². The second-order valence-electron chi connectivity index (χ2n) is 3.53. The van der Waals surface area contributed by atoms with Crippen LogP contribution >= 0.6 is 12.6 Å². The number of ketones is 1. The number of hydrogen-bond acceptors (Lipinski definition) is 7. The summed E-state index contributed by atoms with van der Waals surface area (Å²) in [6.45, 7) is 0.519. The number of thiol groups is 1. The summed E-state index contributed by atoms with van der Waals surface area (Å²) < 4.78 is 4.93. The molecule has 7 heteroatoms. The van der Waals surface area contributed by atoms with Gasteiger partial charge in [-0.3, -0.25) is 4.79 Å². The highest BCUT2D eigenvalue weighted by Gasteiger charge is 2.56. The third-order valence-corrected chi connectivity index (χ3v) is 3.09. The van der Waals surface area contributed by atoms with E-state index < -0.39 is 41.7 Å². The third kappa shape index (κ3) is 1.91. The van der Waals surface area contributed by atoms with Gasteiger partial charge in [-0.2, -0.15) is 0 Å². The lowest BCUT2D eigenvalue weighted by Crippen LogP contribution is -2.68. The van der Waals surface area contributed by atoms with E-state index in [1.54, 1.807) is 0 Å². The Morgan fingerprint density at radius 1 is 1.53 bits per heavy atom. The van der Waals surface area contributed by atoms with E-state index in [2.05, 4.69) is 12.6 Å². The second-order valence-corrected chi connectivity index (χ2v) is 4.00. The van der Waals surface area contributed by atoms with Crippen molar-refractivity contribution in [2.45, 2.75) is 36.3 Å². The van der Waals surface area contributed by atoms with Crippen molar-refractivity contribution in [2.75, 3.05) is 6.61 Å². The molecule has 4 N–H and O–H groups in total. The van der Waals surface area contributed by atoms with Crippen LogP contribution in [0.25, 0.3) is 0 Å². The van der Waals surface area contributed by atoms with Gasteiger partial charge in [-0.1, -0.05) is 0 Å². The minimum atomic E-state index is -2.26. The molecule has 1 fully saturated rings. The Kier molecular flexibility index (Phi) is 3.75. The summed E-state index contributed by atoms with van der Waals surface area (Å²) in [6, 6.07) is 0. The van der Waals surface area contributed by atoms with Gasteiger partial charge in [-0.25, -0.2) is 0 Å². The van der Waals surface area contributed by atoms with Gasteiger partial charge >= 0.3 is 0 Å². The van der Waals surface area contributed by atoms with Crippen molar-refractivity contribution < 1.29 is 30.0 Å². The molecule has 0 saturated carbocycles. The van der Waals surface area contributed by atoms with Crippen LogP contribution in [0.3, 0.4) is 0 Å². The number of carbonyl (C=O) groups excluding carboxylic acids is 1. The van der Waals surface area contributed by atoms with Gasteiger partial charge in [0, 0.05) is 0 Å². The molecule has 6 nitrogen and oxygen atoms in total. The lowest BCUT2D eigenvalue weighted by atomic mass is 9.85. The molecule has 1 aliphatic rings. The number of hydrogen-bond donors (Lipinski definition) is 5. The number of ether oxygens (including phenoxy) is 1. The lowest BCUT2D eigenvalue weighted by molar-refractivity contribution is -0.242. The number of Topliss-reactive ketones (excluding diaryl/α,β-unsaturated/α-hetero) is 1. The van der Waals surface area contributed by atoms with E-state index in [9.17, 15) is 20.1 Å². The Hall–Kier alpha value is -0.180. The summed E-state index contributed by atoms with van der Waals surface area (Å²) >= 11 is 3.82. The Morgan fingerprint density at radius 3 is 2.47 bits per heavy atom. The Labute approximate surface area is 91.9 Å². The van der Waals surface area contributed by atoms with E-state index in [4.69, 9.17) is 9.84 Å². The van der Waals surface area contributed by atoms with Crippen LogP contribution in [0.2, 0.25) is 0 Å². The smallest absolute Gasteiger partial charge is 0.186 e. The number of rotatable bonds is 2. The molecular formula is C8H14O6S. The van der Waals surface area contributed by atoms with E-state index in [0.717, 1.165) is 6.92 Å². The van der Waals surface area contributed by atoms with Crippen LogP contribution in [0.15, 0.2) is 0 Å². The van der Waals surface area contributed by atoms with Crippen LogP contribution < -0.4 is 0 Å². The molecule has 15 heavy (non-hydrogen) atoms. The number of carbonyl (C=O) groups is 1. The molecule has 0 aromatic carbocycles. The van der Waals surface area contributed by atoms with Crippen LogP contribution in [0, 0.1) is 0 Å². The van der Waals surface area contributed by atoms with Crippen molar-refractivity contribution in [1.82, 2.24) is 0 Å². The first-order valence-corrected chi connectivity index (χ1v) is 4.91. The fourth-order valence-electron chi connectivity index (χ4n) is 1.49. The van der Waals surface area contributed by atoms with E-state index in [1.807, 2.05) is 0 Å². The molecule has 1 saturated heterocycles. The summed E-state index contributed by atoms with van der Waals surface area (Å²) in [7, 11) is 0. The van der Waals surface area contributed by atoms with Gasteiger partial charge in [0.2, 0.25) is 0 Å². The molecule has 88 valence electrons. The normalized spacial score (nSPS) is 46.5. The Morgan fingerprint density at radius 2 is 2.07 bits per heavy atom. The average molecular weight is 238 g/mol. The summed E-state index contributed by atoms with van der Waals surface area (Å²) in [5.41, 5.74) is -3.54. The maximum atomic E-state index is 11.2. The highest BCUT2D eigenvalue weighted by Crippen LogP contribution is 2.32. The SMILES string of the molecule is CC(=O)[C@]1(O)[C@H](S)O[C@H](CO)[C@@H](O)[C@@H]1O. The van der Waals surface area contributed by atoms with Gasteiger partial charge in [-0.15, -0.1) is 12.6 Å². The van der Waals surface area contributed by atoms with E-state index in [1.165, 1.54) is 0 Å². The van der Waals surface area contributed by atoms with Crippen molar-refractivity contribution in [3.63, 3.8) is 0 Å². The van der Waals surface area contributed by atoms with E-state index >= 15 is 0 Å². The summed E-state index contributed by atoms with van der Waals surface area (Å²) in [6.07, 6.45) is -4.34. The molecular weight excluding hydrogens is 224 g/mol. The molecule has 0 aliphatic carbocycles. The molecule has 0 bridgehead atoms. The fraction of sp³-hybridized carbons (Fsp3) is 0.875. The molecule has 5 atom stereocenters. The summed E-state index contributed by atoms with van der Waals surface area (Å²) in [5, 5.41) is 37.7. The summed E-state index contributed by atoms with van der Waals surface area (Å²) in [5.74, 6) is -0.759. The van der Waals surface area contributed by atoms with Crippen LogP contribution in [0.4, 0.5) is 0 Å². The predicted molar refractivity (Wildman–Crippen MR) is 52.4 cm³/mol. The van der Waals surface area contributed by atoms with Crippen molar-refractivity contribution in [1.29, 1.82) is 0 Å². The van der Waals surface area contributed by atoms with Crippen molar-refractivity contribution in [3.05, 3.63) is 0 Å². The van der Waals surface area contributed by atoms with Crippen molar-refractivity contribution in [3.8, 4) is 0 Å². The quantitative estimate of drug-likeness (QED) is 0.346. The topological polar surface area (TPSA) is 107 Å². The highest BCUT2D eigenvalue weighted by atomic mass is 32.1. The van der Waals surface area contributed by atoms with Gasteiger partial charge < -0.3 is 25.2 Å². The first-order valence-electron chi connectivity index (χ1n) is 4.39. The van der Waals surface area contributed by atoms with Gasteiger partial charge in [-0.05, 0) is 6.92 Å². The van der Waals surface area contributed by atoms with E-state index in [0.29, 0.717) is 0 Å². The van der Waals surface area contributed by atoms with Crippen LogP contribution in [0.1, 0.15) is 6.92 Å². The van der Waals surface area contributed by atoms with Gasteiger partial charge in [0.25, 0.3) is 0 Å². The first kappa shape index (κ1) is 12.9.